The second-order valence-electron chi connectivity index (χ2n) is 7.16. The molecule has 2 heterocycles. The van der Waals surface area contributed by atoms with E-state index in [1.165, 1.54) is 12.1 Å². The van der Waals surface area contributed by atoms with Crippen LogP contribution in [0.15, 0.2) is 72.9 Å². The Labute approximate surface area is 178 Å². The van der Waals surface area contributed by atoms with Gasteiger partial charge in [0.15, 0.2) is 0 Å². The lowest BCUT2D eigenvalue weighted by Crippen LogP contribution is -2.26. The summed E-state index contributed by atoms with van der Waals surface area (Å²) in [5.41, 5.74) is 3.52. The maximum Gasteiger partial charge on any atom is 0.267 e. The lowest BCUT2D eigenvalue weighted by atomic mass is 10.1. The number of halogens is 1. The molecule has 3 N–H and O–H groups in total. The summed E-state index contributed by atoms with van der Waals surface area (Å²) >= 11 is 0. The number of carbonyl (C=O) groups excluding carboxylic acids is 2. The number of anilines is 1. The van der Waals surface area contributed by atoms with Gasteiger partial charge in [-0.25, -0.2) is 4.39 Å². The molecule has 156 valence electrons. The highest BCUT2D eigenvalue weighted by molar-refractivity contribution is 6.00. The summed E-state index contributed by atoms with van der Waals surface area (Å²) < 4.78 is 13.0. The van der Waals surface area contributed by atoms with E-state index in [0.717, 1.165) is 22.2 Å². The molecule has 0 bridgehead atoms. The number of hydrogen-bond acceptors (Lipinski definition) is 3. The monoisotopic (exact) mass is 416 g/mol. The minimum Gasteiger partial charge on any atom is -0.351 e. The average molecular weight is 416 g/mol. The van der Waals surface area contributed by atoms with Gasteiger partial charge < -0.3 is 15.6 Å². The number of pyridine rings is 1. The first-order chi connectivity index (χ1) is 15.1. The number of benzene rings is 2. The quantitative estimate of drug-likeness (QED) is 0.428. The summed E-state index contributed by atoms with van der Waals surface area (Å²) in [5, 5.41) is 6.53. The zero-order chi connectivity index (χ0) is 21.6. The lowest BCUT2D eigenvalue weighted by molar-refractivity contribution is -0.115. The van der Waals surface area contributed by atoms with Crippen LogP contribution in [0.4, 0.5) is 10.1 Å². The van der Waals surface area contributed by atoms with Crippen molar-refractivity contribution in [2.24, 2.45) is 0 Å². The molecule has 2 aromatic heterocycles. The van der Waals surface area contributed by atoms with Crippen LogP contribution in [0.1, 0.15) is 21.7 Å². The summed E-state index contributed by atoms with van der Waals surface area (Å²) in [7, 11) is 0. The molecule has 2 amide bonds. The molecule has 0 unspecified atom stereocenters. The van der Waals surface area contributed by atoms with E-state index in [2.05, 4.69) is 20.6 Å². The Balaban J connectivity index is 1.36. The topological polar surface area (TPSA) is 86.9 Å². The second-order valence-corrected chi connectivity index (χ2v) is 7.16. The molecule has 2 aromatic carbocycles. The molecular formula is C24H21FN4O2. The van der Waals surface area contributed by atoms with Crippen molar-refractivity contribution in [2.45, 2.75) is 12.8 Å². The minimum atomic E-state index is -0.335. The summed E-state index contributed by atoms with van der Waals surface area (Å²) in [6.45, 7) is 0.482. The minimum absolute atomic E-state index is 0.148. The van der Waals surface area contributed by atoms with Crippen LogP contribution in [0.5, 0.6) is 0 Å². The fourth-order valence-corrected chi connectivity index (χ4v) is 3.27. The van der Waals surface area contributed by atoms with Crippen LogP contribution in [0.2, 0.25) is 0 Å². The van der Waals surface area contributed by atoms with Crippen molar-refractivity contribution in [1.82, 2.24) is 15.3 Å². The number of aromatic amines is 1. The molecule has 0 saturated heterocycles. The molecule has 4 aromatic rings. The van der Waals surface area contributed by atoms with Gasteiger partial charge in [-0.15, -0.1) is 0 Å². The highest BCUT2D eigenvalue weighted by Crippen LogP contribution is 2.20. The molecular weight excluding hydrogens is 395 g/mol. The van der Waals surface area contributed by atoms with Crippen LogP contribution in [0.3, 0.4) is 0 Å². The summed E-state index contributed by atoms with van der Waals surface area (Å²) in [4.78, 5) is 32.0. The number of nitrogens with zero attached hydrogens (tertiary/aromatic N) is 1. The molecule has 0 aliphatic rings. The molecule has 0 fully saturated rings. The Morgan fingerprint density at radius 1 is 1.00 bits per heavy atom. The highest BCUT2D eigenvalue weighted by Gasteiger charge is 2.11. The van der Waals surface area contributed by atoms with Gasteiger partial charge >= 0.3 is 0 Å². The molecule has 6 nitrogen and oxygen atoms in total. The summed E-state index contributed by atoms with van der Waals surface area (Å²) in [6.07, 6.45) is 2.53. The third-order valence-electron chi connectivity index (χ3n) is 4.82. The van der Waals surface area contributed by atoms with Crippen LogP contribution in [0.25, 0.3) is 10.9 Å². The fourth-order valence-electron chi connectivity index (χ4n) is 3.27. The summed E-state index contributed by atoms with van der Waals surface area (Å²) in [5.74, 6) is -0.735. The molecule has 0 aliphatic heterocycles. The number of nitrogens with one attached hydrogen (secondary N) is 3. The van der Waals surface area contributed by atoms with E-state index in [4.69, 9.17) is 0 Å². The molecule has 0 spiro atoms. The average Bonchev–Trinajstić information content (AvgIpc) is 3.20. The zero-order valence-electron chi connectivity index (χ0n) is 16.7. The number of aromatic nitrogens is 2. The number of amides is 2. The van der Waals surface area contributed by atoms with E-state index in [1.54, 1.807) is 36.5 Å². The Morgan fingerprint density at radius 3 is 2.61 bits per heavy atom. The fraction of sp³-hybridized carbons (Fsp3) is 0.125. The first kappa shape index (κ1) is 20.3. The molecule has 7 heteroatoms. The van der Waals surface area contributed by atoms with Crippen molar-refractivity contribution in [3.05, 3.63) is 95.7 Å². The number of rotatable bonds is 7. The maximum atomic E-state index is 13.0. The normalized spacial score (nSPS) is 10.7. The van der Waals surface area contributed by atoms with Crippen molar-refractivity contribution in [2.75, 3.05) is 11.9 Å². The Kier molecular flexibility index (Phi) is 6.03. The lowest BCUT2D eigenvalue weighted by Gasteiger charge is -2.05. The van der Waals surface area contributed by atoms with Crippen molar-refractivity contribution in [1.29, 1.82) is 0 Å². The first-order valence-electron chi connectivity index (χ1n) is 9.92. The van der Waals surface area contributed by atoms with Gasteiger partial charge in [-0.3, -0.25) is 14.6 Å². The van der Waals surface area contributed by atoms with Crippen LogP contribution >= 0.6 is 0 Å². The van der Waals surface area contributed by atoms with E-state index in [0.29, 0.717) is 24.3 Å². The molecule has 31 heavy (non-hydrogen) atoms. The number of fused-ring (bicyclic) bond motifs is 1. The molecule has 0 atom stereocenters. The van der Waals surface area contributed by atoms with Crippen LogP contribution < -0.4 is 10.6 Å². The predicted octanol–water partition coefficient (Wildman–Crippen LogP) is 3.86. The van der Waals surface area contributed by atoms with Gasteiger partial charge in [-0.05, 0) is 54.1 Å². The SMILES string of the molecule is O=C(Cc1ccc(F)cc1)Nc1ccc2[nH]c(C(=O)NCCc3ccccn3)cc2c1. The number of carbonyl (C=O) groups is 2. The highest BCUT2D eigenvalue weighted by atomic mass is 19.1. The molecule has 4 rings (SSSR count). The Morgan fingerprint density at radius 2 is 1.84 bits per heavy atom. The van der Waals surface area contributed by atoms with Crippen LogP contribution in [-0.2, 0) is 17.6 Å². The van der Waals surface area contributed by atoms with Gasteiger partial charge in [0.25, 0.3) is 5.91 Å². The zero-order valence-corrected chi connectivity index (χ0v) is 16.7. The summed E-state index contributed by atoms with van der Waals surface area (Å²) in [6, 6.07) is 18.7. The molecule has 0 radical (unpaired) electrons. The second kappa shape index (κ2) is 9.21. The van der Waals surface area contributed by atoms with E-state index in [1.807, 2.05) is 24.3 Å². The van der Waals surface area contributed by atoms with Gasteiger partial charge in [0.2, 0.25) is 5.91 Å². The number of hydrogen-bond donors (Lipinski definition) is 3. The van der Waals surface area contributed by atoms with E-state index < -0.39 is 0 Å². The standard InChI is InChI=1S/C24H21FN4O2/c25-18-6-4-16(5-7-18)13-23(30)28-20-8-9-21-17(14-20)15-22(29-21)24(31)27-12-10-19-3-1-2-11-26-19/h1-9,11,14-15,29H,10,12-13H2,(H,27,31)(H,28,30). The van der Waals surface area contributed by atoms with Gasteiger partial charge in [-0.2, -0.15) is 0 Å². The predicted molar refractivity (Wildman–Crippen MR) is 117 cm³/mol. The van der Waals surface area contributed by atoms with Crippen molar-refractivity contribution in [3.8, 4) is 0 Å². The third-order valence-corrected chi connectivity index (χ3v) is 4.82. The molecule has 0 saturated carbocycles. The van der Waals surface area contributed by atoms with Crippen molar-refractivity contribution in [3.63, 3.8) is 0 Å². The number of H-pyrrole nitrogens is 1. The maximum absolute atomic E-state index is 13.0. The van der Waals surface area contributed by atoms with E-state index in [9.17, 15) is 14.0 Å². The smallest absolute Gasteiger partial charge is 0.267 e. The van der Waals surface area contributed by atoms with Gasteiger partial charge in [0.1, 0.15) is 11.5 Å². The van der Waals surface area contributed by atoms with Crippen LogP contribution in [-0.4, -0.2) is 28.3 Å². The van der Waals surface area contributed by atoms with E-state index >= 15 is 0 Å². The van der Waals surface area contributed by atoms with Gasteiger partial charge in [0, 0.05) is 41.4 Å². The van der Waals surface area contributed by atoms with Gasteiger partial charge in [-0.1, -0.05) is 18.2 Å². The Hall–Kier alpha value is -4.00. The van der Waals surface area contributed by atoms with Crippen LogP contribution in [0, 0.1) is 5.82 Å². The van der Waals surface area contributed by atoms with Gasteiger partial charge in [0.05, 0.1) is 6.42 Å². The third kappa shape index (κ3) is 5.33. The Bertz CT molecular complexity index is 1200. The van der Waals surface area contributed by atoms with Crippen molar-refractivity contribution < 1.29 is 14.0 Å². The molecule has 0 aliphatic carbocycles. The first-order valence-corrected chi connectivity index (χ1v) is 9.92. The van der Waals surface area contributed by atoms with E-state index in [-0.39, 0.29) is 24.1 Å². The van der Waals surface area contributed by atoms with Crippen molar-refractivity contribution >= 4 is 28.4 Å². The largest absolute Gasteiger partial charge is 0.351 e.